The molecule has 7 heteroatoms. The fraction of sp³-hybridized carbons (Fsp3) is 0.214. The van der Waals surface area contributed by atoms with Gasteiger partial charge >= 0.3 is 0 Å². The number of nitrogens with zero attached hydrogens (tertiary/aromatic N) is 3. The number of nitrogens with one attached hydrogen (secondary N) is 1. The first-order valence-corrected chi connectivity index (χ1v) is 11.3. The number of hydrogen-bond donors (Lipinski definition) is 1. The molecule has 35 heavy (non-hydrogen) atoms. The molecule has 4 aromatic rings. The van der Waals surface area contributed by atoms with Gasteiger partial charge in [-0.05, 0) is 66.8 Å². The van der Waals surface area contributed by atoms with Crippen LogP contribution in [0.15, 0.2) is 73.3 Å². The van der Waals surface area contributed by atoms with Crippen molar-refractivity contribution in [1.29, 1.82) is 0 Å². The summed E-state index contributed by atoms with van der Waals surface area (Å²) >= 11 is 0. The Bertz CT molecular complexity index is 1340. The Morgan fingerprint density at radius 1 is 0.943 bits per heavy atom. The van der Waals surface area contributed by atoms with Gasteiger partial charge in [-0.1, -0.05) is 19.1 Å². The summed E-state index contributed by atoms with van der Waals surface area (Å²) in [4.78, 5) is 25.9. The van der Waals surface area contributed by atoms with E-state index in [2.05, 4.69) is 28.3 Å². The molecule has 1 amide bonds. The topological polar surface area (TPSA) is 86.2 Å². The van der Waals surface area contributed by atoms with Gasteiger partial charge in [0.15, 0.2) is 11.5 Å². The minimum absolute atomic E-state index is 0.169. The monoisotopic (exact) mass is 468 g/mol. The molecular formula is C28H28N4O3. The highest BCUT2D eigenvalue weighted by Crippen LogP contribution is 2.31. The molecule has 7 nitrogen and oxygen atoms in total. The van der Waals surface area contributed by atoms with Crippen molar-refractivity contribution in [2.24, 2.45) is 0 Å². The zero-order chi connectivity index (χ0) is 24.8. The van der Waals surface area contributed by atoms with E-state index in [-0.39, 0.29) is 11.8 Å². The standard InChI is InChI=1S/C28H28N4O3/c1-18-10-22(15-29-14-18)28(33)32-23-7-5-6-20(12-23)19(2)11-24-16-30-17-25(31-24)21-8-9-26(34-3)27(13-21)35-4/h5-10,12-17,19H,11H2,1-4H3,(H,32,33). The average molecular weight is 469 g/mol. The molecule has 0 fully saturated rings. The molecule has 1 unspecified atom stereocenters. The van der Waals surface area contributed by atoms with Crippen LogP contribution in [0.1, 0.15) is 40.0 Å². The van der Waals surface area contributed by atoms with Gasteiger partial charge in [-0.15, -0.1) is 0 Å². The van der Waals surface area contributed by atoms with Crippen LogP contribution in [0.5, 0.6) is 11.5 Å². The quantitative estimate of drug-likeness (QED) is 0.369. The number of pyridine rings is 1. The largest absolute Gasteiger partial charge is 0.493 e. The number of aryl methyl sites for hydroxylation is 1. The first-order valence-electron chi connectivity index (χ1n) is 11.3. The SMILES string of the molecule is COc1ccc(-c2cncc(CC(C)c3cccc(NC(=O)c4cncc(C)c4)c3)n2)cc1OC. The summed E-state index contributed by atoms with van der Waals surface area (Å²) in [6.07, 6.45) is 7.52. The van der Waals surface area contributed by atoms with E-state index in [1.807, 2.05) is 49.4 Å². The van der Waals surface area contributed by atoms with Gasteiger partial charge in [0, 0.05) is 29.8 Å². The van der Waals surface area contributed by atoms with Crippen LogP contribution in [0.2, 0.25) is 0 Å². The molecule has 2 aromatic carbocycles. The number of aromatic nitrogens is 3. The molecule has 0 aliphatic carbocycles. The summed E-state index contributed by atoms with van der Waals surface area (Å²) < 4.78 is 10.7. The summed E-state index contributed by atoms with van der Waals surface area (Å²) in [5, 5.41) is 2.97. The molecule has 0 aliphatic heterocycles. The molecule has 2 aromatic heterocycles. The molecule has 0 radical (unpaired) electrons. The van der Waals surface area contributed by atoms with Gasteiger partial charge < -0.3 is 14.8 Å². The summed E-state index contributed by atoms with van der Waals surface area (Å²) in [5.41, 5.74) is 5.87. The zero-order valence-electron chi connectivity index (χ0n) is 20.3. The lowest BCUT2D eigenvalue weighted by Crippen LogP contribution is -2.12. The smallest absolute Gasteiger partial charge is 0.257 e. The van der Waals surface area contributed by atoms with Gasteiger partial charge in [0.25, 0.3) is 5.91 Å². The number of carbonyl (C=O) groups excluding carboxylic acids is 1. The van der Waals surface area contributed by atoms with Crippen LogP contribution in [0.25, 0.3) is 11.3 Å². The summed E-state index contributed by atoms with van der Waals surface area (Å²) in [6.45, 7) is 4.05. The molecule has 4 rings (SSSR count). The van der Waals surface area contributed by atoms with Crippen molar-refractivity contribution in [2.45, 2.75) is 26.2 Å². The van der Waals surface area contributed by atoms with Crippen molar-refractivity contribution in [1.82, 2.24) is 15.0 Å². The maximum atomic E-state index is 12.6. The minimum atomic E-state index is -0.181. The zero-order valence-corrected chi connectivity index (χ0v) is 20.3. The Hall–Kier alpha value is -4.26. The first-order chi connectivity index (χ1) is 17.0. The van der Waals surface area contributed by atoms with E-state index in [0.717, 1.165) is 33.8 Å². The van der Waals surface area contributed by atoms with Gasteiger partial charge in [-0.25, -0.2) is 4.98 Å². The highest BCUT2D eigenvalue weighted by atomic mass is 16.5. The molecule has 178 valence electrons. The molecule has 0 aliphatic rings. The molecule has 0 saturated carbocycles. The fourth-order valence-corrected chi connectivity index (χ4v) is 3.88. The number of ether oxygens (including phenoxy) is 2. The normalized spacial score (nSPS) is 11.5. The Balaban J connectivity index is 1.49. The number of rotatable bonds is 8. The lowest BCUT2D eigenvalue weighted by atomic mass is 9.95. The fourth-order valence-electron chi connectivity index (χ4n) is 3.88. The van der Waals surface area contributed by atoms with E-state index in [4.69, 9.17) is 14.5 Å². The summed E-state index contributed by atoms with van der Waals surface area (Å²) in [7, 11) is 3.22. The van der Waals surface area contributed by atoms with E-state index in [1.54, 1.807) is 39.0 Å². The number of hydrogen-bond acceptors (Lipinski definition) is 6. The maximum Gasteiger partial charge on any atom is 0.257 e. The number of carbonyl (C=O) groups is 1. The van der Waals surface area contributed by atoms with E-state index < -0.39 is 0 Å². The second-order valence-electron chi connectivity index (χ2n) is 8.40. The molecule has 1 atom stereocenters. The summed E-state index contributed by atoms with van der Waals surface area (Å²) in [5.74, 6) is 1.30. The molecule has 2 heterocycles. The summed E-state index contributed by atoms with van der Waals surface area (Å²) in [6, 6.07) is 15.4. The van der Waals surface area contributed by atoms with Crippen LogP contribution in [0, 0.1) is 6.92 Å². The van der Waals surface area contributed by atoms with Gasteiger partial charge in [-0.3, -0.25) is 14.8 Å². The van der Waals surface area contributed by atoms with Crippen LogP contribution in [0.3, 0.4) is 0 Å². The molecule has 1 N–H and O–H groups in total. The Kier molecular flexibility index (Phi) is 7.35. The Morgan fingerprint density at radius 2 is 1.74 bits per heavy atom. The highest BCUT2D eigenvalue weighted by molar-refractivity contribution is 6.04. The van der Waals surface area contributed by atoms with Crippen molar-refractivity contribution >= 4 is 11.6 Å². The van der Waals surface area contributed by atoms with E-state index >= 15 is 0 Å². The van der Waals surface area contributed by atoms with Crippen LogP contribution >= 0.6 is 0 Å². The van der Waals surface area contributed by atoms with Crippen molar-refractivity contribution in [2.75, 3.05) is 19.5 Å². The van der Waals surface area contributed by atoms with Crippen LogP contribution in [0.4, 0.5) is 5.69 Å². The van der Waals surface area contributed by atoms with Gasteiger partial charge in [0.05, 0.1) is 37.4 Å². The number of benzene rings is 2. The molecular weight excluding hydrogens is 440 g/mol. The Labute approximate surface area is 205 Å². The van der Waals surface area contributed by atoms with Gasteiger partial charge in [-0.2, -0.15) is 0 Å². The highest BCUT2D eigenvalue weighted by Gasteiger charge is 2.13. The van der Waals surface area contributed by atoms with Crippen LogP contribution < -0.4 is 14.8 Å². The number of anilines is 1. The van der Waals surface area contributed by atoms with Gasteiger partial charge in [0.1, 0.15) is 0 Å². The van der Waals surface area contributed by atoms with Crippen LogP contribution in [-0.2, 0) is 6.42 Å². The van der Waals surface area contributed by atoms with E-state index in [9.17, 15) is 4.79 Å². The lowest BCUT2D eigenvalue weighted by molar-refractivity contribution is 0.102. The second-order valence-corrected chi connectivity index (χ2v) is 8.40. The second kappa shape index (κ2) is 10.8. The van der Waals surface area contributed by atoms with Crippen molar-refractivity contribution < 1.29 is 14.3 Å². The lowest BCUT2D eigenvalue weighted by Gasteiger charge is -2.14. The molecule has 0 saturated heterocycles. The maximum absolute atomic E-state index is 12.6. The van der Waals surface area contributed by atoms with Crippen molar-refractivity contribution in [3.63, 3.8) is 0 Å². The average Bonchev–Trinajstić information content (AvgIpc) is 2.88. The number of methoxy groups -OCH3 is 2. The van der Waals surface area contributed by atoms with E-state index in [0.29, 0.717) is 23.5 Å². The third kappa shape index (κ3) is 5.81. The van der Waals surface area contributed by atoms with Crippen molar-refractivity contribution in [3.05, 3.63) is 95.7 Å². The number of amides is 1. The molecule has 0 bridgehead atoms. The minimum Gasteiger partial charge on any atom is -0.493 e. The third-order valence-corrected chi connectivity index (χ3v) is 5.73. The predicted octanol–water partition coefficient (Wildman–Crippen LogP) is 5.46. The Morgan fingerprint density at radius 3 is 2.51 bits per heavy atom. The van der Waals surface area contributed by atoms with E-state index in [1.165, 1.54) is 0 Å². The van der Waals surface area contributed by atoms with Crippen LogP contribution in [-0.4, -0.2) is 35.1 Å². The van der Waals surface area contributed by atoms with Gasteiger partial charge in [0.2, 0.25) is 0 Å². The predicted molar refractivity (Wildman–Crippen MR) is 136 cm³/mol. The first kappa shape index (κ1) is 23.9. The third-order valence-electron chi connectivity index (χ3n) is 5.73. The van der Waals surface area contributed by atoms with Crippen molar-refractivity contribution in [3.8, 4) is 22.8 Å². The molecule has 0 spiro atoms.